The van der Waals surface area contributed by atoms with E-state index in [1.54, 1.807) is 12.4 Å². The molecule has 1 aromatic carbocycles. The van der Waals surface area contributed by atoms with Crippen molar-refractivity contribution in [3.63, 3.8) is 0 Å². The Bertz CT molecular complexity index is 577. The van der Waals surface area contributed by atoms with Crippen LogP contribution in [0.4, 0.5) is 0 Å². The fourth-order valence-corrected chi connectivity index (χ4v) is 2.64. The van der Waals surface area contributed by atoms with E-state index in [0.717, 1.165) is 37.0 Å². The Labute approximate surface area is 135 Å². The largest absolute Gasteiger partial charge is 0.485 e. The van der Waals surface area contributed by atoms with Crippen molar-refractivity contribution >= 4 is 11.6 Å². The Morgan fingerprint density at radius 3 is 2.91 bits per heavy atom. The number of aromatic nitrogens is 1. The predicted molar refractivity (Wildman–Crippen MR) is 86.2 cm³/mol. The van der Waals surface area contributed by atoms with Crippen molar-refractivity contribution in [1.29, 1.82) is 0 Å². The second-order valence-corrected chi connectivity index (χ2v) is 5.80. The number of pyridine rings is 1. The van der Waals surface area contributed by atoms with Gasteiger partial charge in [0.15, 0.2) is 0 Å². The summed E-state index contributed by atoms with van der Waals surface area (Å²) in [4.78, 5) is 6.42. The lowest BCUT2D eigenvalue weighted by Crippen LogP contribution is -2.35. The van der Waals surface area contributed by atoms with E-state index in [0.29, 0.717) is 6.61 Å². The SMILES string of the molecule is Clc1ccc(CN2CCOC[C@H](Oc3cccnc3)C2)cc1. The molecule has 0 amide bonds. The van der Waals surface area contributed by atoms with Crippen molar-refractivity contribution in [3.8, 4) is 5.75 Å². The summed E-state index contributed by atoms with van der Waals surface area (Å²) in [5.41, 5.74) is 1.24. The fourth-order valence-electron chi connectivity index (χ4n) is 2.51. The molecule has 2 aromatic rings. The van der Waals surface area contributed by atoms with Gasteiger partial charge < -0.3 is 9.47 Å². The summed E-state index contributed by atoms with van der Waals surface area (Å²) in [5.74, 6) is 0.782. The van der Waals surface area contributed by atoms with Crippen LogP contribution in [0.25, 0.3) is 0 Å². The van der Waals surface area contributed by atoms with Gasteiger partial charge in [-0.25, -0.2) is 0 Å². The lowest BCUT2D eigenvalue weighted by atomic mass is 10.2. The first-order valence-electron chi connectivity index (χ1n) is 7.41. The molecule has 22 heavy (non-hydrogen) atoms. The van der Waals surface area contributed by atoms with Crippen LogP contribution in [0.3, 0.4) is 0 Å². The number of nitrogens with zero attached hydrogens (tertiary/aromatic N) is 2. The van der Waals surface area contributed by atoms with Gasteiger partial charge in [0.1, 0.15) is 11.9 Å². The van der Waals surface area contributed by atoms with Gasteiger partial charge in [-0.2, -0.15) is 0 Å². The molecule has 1 aromatic heterocycles. The van der Waals surface area contributed by atoms with Crippen LogP contribution in [0.1, 0.15) is 5.56 Å². The van der Waals surface area contributed by atoms with Crippen molar-refractivity contribution < 1.29 is 9.47 Å². The topological polar surface area (TPSA) is 34.6 Å². The lowest BCUT2D eigenvalue weighted by Gasteiger charge is -2.24. The summed E-state index contributed by atoms with van der Waals surface area (Å²) in [6, 6.07) is 11.8. The molecule has 1 saturated heterocycles. The Kier molecular flexibility index (Phi) is 5.27. The van der Waals surface area contributed by atoms with Crippen LogP contribution in [0.15, 0.2) is 48.8 Å². The second-order valence-electron chi connectivity index (χ2n) is 5.37. The molecule has 0 aliphatic carbocycles. The van der Waals surface area contributed by atoms with Gasteiger partial charge in [0, 0.05) is 30.9 Å². The fraction of sp³-hybridized carbons (Fsp3) is 0.353. The molecule has 4 nitrogen and oxygen atoms in total. The third-order valence-electron chi connectivity index (χ3n) is 3.57. The Balaban J connectivity index is 1.61. The summed E-state index contributed by atoms with van der Waals surface area (Å²) in [6.45, 7) is 3.92. The number of hydrogen-bond donors (Lipinski definition) is 0. The minimum atomic E-state index is 0.0130. The van der Waals surface area contributed by atoms with Gasteiger partial charge in [-0.15, -0.1) is 0 Å². The van der Waals surface area contributed by atoms with Crippen LogP contribution in [-0.4, -0.2) is 42.3 Å². The molecule has 1 aliphatic heterocycles. The monoisotopic (exact) mass is 318 g/mol. The zero-order chi connectivity index (χ0) is 15.2. The zero-order valence-corrected chi connectivity index (χ0v) is 13.1. The molecule has 0 bridgehead atoms. The van der Waals surface area contributed by atoms with Gasteiger partial charge in [0.2, 0.25) is 0 Å². The molecule has 5 heteroatoms. The Morgan fingerprint density at radius 1 is 1.27 bits per heavy atom. The summed E-state index contributed by atoms with van der Waals surface area (Å²) < 4.78 is 11.6. The summed E-state index contributed by atoms with van der Waals surface area (Å²) in [6.07, 6.45) is 3.48. The molecule has 0 spiro atoms. The number of hydrogen-bond acceptors (Lipinski definition) is 4. The molecule has 1 atom stereocenters. The van der Waals surface area contributed by atoms with Crippen LogP contribution in [0.2, 0.25) is 5.02 Å². The first-order chi connectivity index (χ1) is 10.8. The summed E-state index contributed by atoms with van der Waals surface area (Å²) in [5, 5.41) is 0.765. The smallest absolute Gasteiger partial charge is 0.138 e. The number of halogens is 1. The second kappa shape index (κ2) is 7.58. The number of benzene rings is 1. The lowest BCUT2D eigenvalue weighted by molar-refractivity contribution is 0.0708. The molecule has 3 rings (SSSR count). The molecule has 1 fully saturated rings. The standard InChI is InChI=1S/C17H19ClN2O2/c18-15-5-3-14(4-6-15)11-20-8-9-21-13-17(12-20)22-16-2-1-7-19-10-16/h1-7,10,17H,8-9,11-13H2/t17-/m1/s1. The first-order valence-corrected chi connectivity index (χ1v) is 7.78. The highest BCUT2D eigenvalue weighted by Gasteiger charge is 2.20. The molecule has 0 N–H and O–H groups in total. The van der Waals surface area contributed by atoms with E-state index >= 15 is 0 Å². The maximum Gasteiger partial charge on any atom is 0.138 e. The quantitative estimate of drug-likeness (QED) is 0.868. The average Bonchev–Trinajstić information content (AvgIpc) is 2.76. The van der Waals surface area contributed by atoms with Crippen molar-refractivity contribution in [2.75, 3.05) is 26.3 Å². The molecule has 0 saturated carbocycles. The third-order valence-corrected chi connectivity index (χ3v) is 3.83. The van der Waals surface area contributed by atoms with Crippen LogP contribution in [0.5, 0.6) is 5.75 Å². The third kappa shape index (κ3) is 4.44. The normalized spacial score (nSPS) is 19.6. The molecule has 0 radical (unpaired) electrons. The van der Waals surface area contributed by atoms with Crippen molar-refractivity contribution in [2.45, 2.75) is 12.6 Å². The summed E-state index contributed by atoms with van der Waals surface area (Å²) in [7, 11) is 0. The first kappa shape index (κ1) is 15.3. The van der Waals surface area contributed by atoms with E-state index in [4.69, 9.17) is 21.1 Å². The minimum Gasteiger partial charge on any atom is -0.485 e. The predicted octanol–water partition coefficient (Wildman–Crippen LogP) is 3.01. The molecular formula is C17H19ClN2O2. The summed E-state index contributed by atoms with van der Waals surface area (Å²) >= 11 is 5.93. The average molecular weight is 319 g/mol. The van der Waals surface area contributed by atoms with Crippen molar-refractivity contribution in [3.05, 3.63) is 59.4 Å². The van der Waals surface area contributed by atoms with Crippen LogP contribution in [0, 0.1) is 0 Å². The van der Waals surface area contributed by atoms with Crippen LogP contribution >= 0.6 is 11.6 Å². The Hall–Kier alpha value is -1.62. The van der Waals surface area contributed by atoms with Gasteiger partial charge in [0.25, 0.3) is 0 Å². The van der Waals surface area contributed by atoms with E-state index in [-0.39, 0.29) is 6.10 Å². The van der Waals surface area contributed by atoms with Gasteiger partial charge in [-0.3, -0.25) is 9.88 Å². The van der Waals surface area contributed by atoms with Crippen LogP contribution in [-0.2, 0) is 11.3 Å². The van der Waals surface area contributed by atoms with E-state index in [2.05, 4.69) is 22.0 Å². The van der Waals surface area contributed by atoms with Crippen molar-refractivity contribution in [1.82, 2.24) is 9.88 Å². The highest BCUT2D eigenvalue weighted by atomic mass is 35.5. The maximum atomic E-state index is 5.97. The molecule has 0 unspecified atom stereocenters. The van der Waals surface area contributed by atoms with Gasteiger partial charge in [-0.1, -0.05) is 23.7 Å². The maximum absolute atomic E-state index is 5.97. The molecule has 116 valence electrons. The highest BCUT2D eigenvalue weighted by Crippen LogP contribution is 2.15. The molecule has 2 heterocycles. The number of rotatable bonds is 4. The van der Waals surface area contributed by atoms with Crippen LogP contribution < -0.4 is 4.74 Å². The Morgan fingerprint density at radius 2 is 2.14 bits per heavy atom. The van der Waals surface area contributed by atoms with E-state index in [9.17, 15) is 0 Å². The molecule has 1 aliphatic rings. The van der Waals surface area contributed by atoms with Gasteiger partial charge in [0.05, 0.1) is 19.4 Å². The minimum absolute atomic E-state index is 0.0130. The highest BCUT2D eigenvalue weighted by molar-refractivity contribution is 6.30. The van der Waals surface area contributed by atoms with E-state index in [1.165, 1.54) is 5.56 Å². The van der Waals surface area contributed by atoms with Crippen molar-refractivity contribution in [2.24, 2.45) is 0 Å². The van der Waals surface area contributed by atoms with Gasteiger partial charge in [-0.05, 0) is 29.8 Å². The van der Waals surface area contributed by atoms with E-state index in [1.807, 2.05) is 24.3 Å². The number of ether oxygens (including phenoxy) is 2. The molecular weight excluding hydrogens is 300 g/mol. The van der Waals surface area contributed by atoms with E-state index < -0.39 is 0 Å². The zero-order valence-electron chi connectivity index (χ0n) is 12.3. The van der Waals surface area contributed by atoms with Gasteiger partial charge >= 0.3 is 0 Å².